The number of halogens is 2. The molecule has 1 aromatic heterocycles. The number of anilines is 1. The minimum absolute atomic E-state index is 0.102. The third-order valence-corrected chi connectivity index (χ3v) is 7.66. The van der Waals surface area contributed by atoms with Crippen molar-refractivity contribution in [1.82, 2.24) is 14.3 Å². The first-order valence-corrected chi connectivity index (χ1v) is 13.3. The highest BCUT2D eigenvalue weighted by Gasteiger charge is 2.40. The average molecular weight is 550 g/mol. The molecule has 4 aromatic rings. The number of nitrogens with zero attached hydrogens (tertiary/aromatic N) is 5. The van der Waals surface area contributed by atoms with Crippen molar-refractivity contribution in [3.8, 4) is 0 Å². The molecule has 0 saturated carbocycles. The normalized spacial score (nSPS) is 17.0. The molecule has 0 unspecified atom stereocenters. The molecular weight excluding hydrogens is 521 g/mol. The van der Waals surface area contributed by atoms with Gasteiger partial charge < -0.3 is 5.11 Å². The number of fused-ring (bicyclic) bond motifs is 1. The van der Waals surface area contributed by atoms with Crippen molar-refractivity contribution in [3.63, 3.8) is 0 Å². The molecule has 196 valence electrons. The minimum Gasteiger partial charge on any atom is -0.395 e. The van der Waals surface area contributed by atoms with Crippen LogP contribution in [0.3, 0.4) is 0 Å². The van der Waals surface area contributed by atoms with Gasteiger partial charge in [0, 0.05) is 22.5 Å². The maximum Gasteiger partial charge on any atom is 0.347 e. The first-order valence-electron chi connectivity index (χ1n) is 12.5. The molecule has 0 aliphatic heterocycles. The first-order chi connectivity index (χ1) is 18.3. The number of aromatic nitrogens is 3. The summed E-state index contributed by atoms with van der Waals surface area (Å²) in [7, 11) is 1.78. The van der Waals surface area contributed by atoms with Crippen LogP contribution in [-0.4, -0.2) is 38.8 Å². The fourth-order valence-corrected chi connectivity index (χ4v) is 5.41. The summed E-state index contributed by atoms with van der Waals surface area (Å²) in [5.41, 5.74) is 4.56. The Balaban J connectivity index is 1.60. The summed E-state index contributed by atoms with van der Waals surface area (Å²) in [5.74, 6) is 0.347. The van der Waals surface area contributed by atoms with Gasteiger partial charge >= 0.3 is 5.69 Å². The van der Waals surface area contributed by atoms with E-state index in [1.165, 1.54) is 20.4 Å². The van der Waals surface area contributed by atoms with E-state index in [-0.39, 0.29) is 30.8 Å². The van der Waals surface area contributed by atoms with E-state index in [1.807, 2.05) is 36.4 Å². The van der Waals surface area contributed by atoms with Gasteiger partial charge in [0.25, 0.3) is 0 Å². The van der Waals surface area contributed by atoms with Crippen molar-refractivity contribution >= 4 is 34.9 Å². The maximum absolute atomic E-state index is 13.3. The van der Waals surface area contributed by atoms with Crippen molar-refractivity contribution < 1.29 is 5.11 Å². The lowest BCUT2D eigenvalue weighted by molar-refractivity contribution is 0.274. The number of aliphatic hydroxyl groups excluding tert-OH is 1. The number of benzene rings is 3. The molecule has 0 amide bonds. The average Bonchev–Trinajstić information content (AvgIpc) is 3.42. The Labute approximate surface area is 231 Å². The summed E-state index contributed by atoms with van der Waals surface area (Å²) in [6.45, 7) is 2.38. The van der Waals surface area contributed by atoms with Crippen LogP contribution >= 0.6 is 23.2 Å². The van der Waals surface area contributed by atoms with Crippen molar-refractivity contribution in [3.05, 3.63) is 116 Å². The summed E-state index contributed by atoms with van der Waals surface area (Å²) in [6.07, 6.45) is 1.85. The standard InChI is InChI=1S/C29H29Cl2N5O2/c1-29(16-15-21-5-3-4-6-25(21)29)26(22-9-13-24(31)14-10-22)32-34(2)27-33-36(28(38)35(27)17-18-37)19-20-7-11-23(30)12-8-20/h3-14,37H,15-19H2,1-2H3/b32-26-/t29-/m1/s1. The van der Waals surface area contributed by atoms with Gasteiger partial charge in [-0.3, -0.25) is 4.57 Å². The molecule has 38 heavy (non-hydrogen) atoms. The van der Waals surface area contributed by atoms with Crippen LogP contribution in [0.2, 0.25) is 10.0 Å². The van der Waals surface area contributed by atoms with Gasteiger partial charge in [-0.2, -0.15) is 5.10 Å². The van der Waals surface area contributed by atoms with Gasteiger partial charge in [0.1, 0.15) is 0 Å². The van der Waals surface area contributed by atoms with Gasteiger partial charge in [-0.15, -0.1) is 5.10 Å². The molecule has 3 aromatic carbocycles. The van der Waals surface area contributed by atoms with Gasteiger partial charge in [0.2, 0.25) is 5.95 Å². The van der Waals surface area contributed by atoms with Crippen LogP contribution in [-0.2, 0) is 24.9 Å². The highest BCUT2D eigenvalue weighted by atomic mass is 35.5. The summed E-state index contributed by atoms with van der Waals surface area (Å²) in [6, 6.07) is 23.4. The van der Waals surface area contributed by atoms with Crippen LogP contribution in [0.4, 0.5) is 5.95 Å². The number of hydrogen-bond acceptors (Lipinski definition) is 5. The van der Waals surface area contributed by atoms with E-state index in [0.29, 0.717) is 16.0 Å². The molecule has 1 N–H and O–H groups in total. The molecule has 1 aliphatic rings. The molecule has 0 saturated heterocycles. The number of rotatable bonds is 8. The predicted molar refractivity (Wildman–Crippen MR) is 153 cm³/mol. The molecule has 0 fully saturated rings. The molecule has 0 spiro atoms. The Bertz CT molecular complexity index is 1530. The first kappa shape index (κ1) is 26.2. The number of hydrazone groups is 1. The highest BCUT2D eigenvalue weighted by molar-refractivity contribution is 6.31. The summed E-state index contributed by atoms with van der Waals surface area (Å²) in [5, 5.41) is 22.3. The molecule has 7 nitrogen and oxygen atoms in total. The molecule has 1 atom stereocenters. The van der Waals surface area contributed by atoms with Gasteiger partial charge in [0.15, 0.2) is 0 Å². The van der Waals surface area contributed by atoms with Crippen molar-refractivity contribution in [2.24, 2.45) is 5.10 Å². The maximum atomic E-state index is 13.3. The van der Waals surface area contributed by atoms with Crippen LogP contribution in [0.5, 0.6) is 0 Å². The SMILES string of the molecule is CN(/N=C(/c1ccc(Cl)cc1)[C@]1(C)CCc2ccccc21)c1nn(Cc2ccc(Cl)cc2)c(=O)n1CCO. The highest BCUT2D eigenvalue weighted by Crippen LogP contribution is 2.42. The lowest BCUT2D eigenvalue weighted by atomic mass is 9.76. The molecule has 0 radical (unpaired) electrons. The predicted octanol–water partition coefficient (Wildman–Crippen LogP) is 5.14. The third-order valence-electron chi connectivity index (χ3n) is 7.16. The minimum atomic E-state index is -0.355. The van der Waals surface area contributed by atoms with Gasteiger partial charge in [-0.05, 0) is 66.3 Å². The van der Waals surface area contributed by atoms with Crippen molar-refractivity contribution in [2.45, 2.75) is 38.3 Å². The van der Waals surface area contributed by atoms with Crippen molar-refractivity contribution in [1.29, 1.82) is 0 Å². The molecule has 1 heterocycles. The second kappa shape index (κ2) is 10.8. The Hall–Kier alpha value is -3.39. The third kappa shape index (κ3) is 5.01. The zero-order valence-corrected chi connectivity index (χ0v) is 22.8. The molecular formula is C29H29Cl2N5O2. The second-order valence-electron chi connectivity index (χ2n) is 9.71. The van der Waals surface area contributed by atoms with Crippen LogP contribution in [0.15, 0.2) is 82.7 Å². The van der Waals surface area contributed by atoms with Crippen LogP contribution in [0.25, 0.3) is 0 Å². The van der Waals surface area contributed by atoms with Crippen LogP contribution in [0.1, 0.15) is 35.6 Å². The Morgan fingerprint density at radius 2 is 1.71 bits per heavy atom. The summed E-state index contributed by atoms with van der Waals surface area (Å²) in [4.78, 5) is 13.3. The lowest BCUT2D eigenvalue weighted by Crippen LogP contribution is -2.34. The quantitative estimate of drug-likeness (QED) is 0.244. The Kier molecular flexibility index (Phi) is 7.43. The lowest BCUT2D eigenvalue weighted by Gasteiger charge is -2.29. The Morgan fingerprint density at radius 1 is 1.05 bits per heavy atom. The van der Waals surface area contributed by atoms with Crippen molar-refractivity contribution in [2.75, 3.05) is 18.7 Å². The van der Waals surface area contributed by atoms with Crippen LogP contribution < -0.4 is 10.7 Å². The van der Waals surface area contributed by atoms with E-state index < -0.39 is 0 Å². The van der Waals surface area contributed by atoms with E-state index >= 15 is 0 Å². The van der Waals surface area contributed by atoms with E-state index in [9.17, 15) is 9.90 Å². The smallest absolute Gasteiger partial charge is 0.347 e. The fourth-order valence-electron chi connectivity index (χ4n) is 5.16. The van der Waals surface area contributed by atoms with Gasteiger partial charge in [0.05, 0.1) is 25.4 Å². The topological polar surface area (TPSA) is 75.7 Å². The summed E-state index contributed by atoms with van der Waals surface area (Å²) < 4.78 is 2.83. The second-order valence-corrected chi connectivity index (χ2v) is 10.6. The van der Waals surface area contributed by atoms with E-state index in [0.717, 1.165) is 29.7 Å². The van der Waals surface area contributed by atoms with E-state index in [2.05, 4.69) is 36.3 Å². The van der Waals surface area contributed by atoms with Gasteiger partial charge in [-0.25, -0.2) is 14.5 Å². The van der Waals surface area contributed by atoms with E-state index in [4.69, 9.17) is 28.3 Å². The summed E-state index contributed by atoms with van der Waals surface area (Å²) >= 11 is 12.2. The van der Waals surface area contributed by atoms with E-state index in [1.54, 1.807) is 24.2 Å². The number of aliphatic hydroxyl groups is 1. The Morgan fingerprint density at radius 3 is 2.39 bits per heavy atom. The van der Waals surface area contributed by atoms with Gasteiger partial charge in [-0.1, -0.05) is 71.7 Å². The molecule has 5 rings (SSSR count). The number of hydrogen-bond donors (Lipinski definition) is 1. The van der Waals surface area contributed by atoms with Crippen LogP contribution in [0, 0.1) is 0 Å². The molecule has 9 heteroatoms. The largest absolute Gasteiger partial charge is 0.395 e. The fraction of sp³-hybridized carbons (Fsp3) is 0.276. The zero-order valence-electron chi connectivity index (χ0n) is 21.3. The zero-order chi connectivity index (χ0) is 26.9. The molecule has 0 bridgehead atoms. The molecule has 1 aliphatic carbocycles. The monoisotopic (exact) mass is 549 g/mol. The number of aryl methyl sites for hydroxylation is 1.